The highest BCUT2D eigenvalue weighted by Crippen LogP contribution is 2.19. The Balaban J connectivity index is 1.71. The molecule has 3 rings (SSSR count). The van der Waals surface area contributed by atoms with Gasteiger partial charge in [-0.25, -0.2) is 0 Å². The van der Waals surface area contributed by atoms with Crippen molar-refractivity contribution in [3.8, 4) is 0 Å². The van der Waals surface area contributed by atoms with Gasteiger partial charge >= 0.3 is 0 Å². The van der Waals surface area contributed by atoms with Gasteiger partial charge in [-0.2, -0.15) is 0 Å². The summed E-state index contributed by atoms with van der Waals surface area (Å²) in [6.45, 7) is 1.89. The van der Waals surface area contributed by atoms with Gasteiger partial charge in [0.1, 0.15) is 16.9 Å². The van der Waals surface area contributed by atoms with Crippen LogP contribution < -0.4 is 10.9 Å². The number of aromatic nitrogens is 1. The van der Waals surface area contributed by atoms with Crippen LogP contribution in [-0.4, -0.2) is 16.5 Å². The van der Waals surface area contributed by atoms with Gasteiger partial charge in [-0.1, -0.05) is 18.2 Å². The summed E-state index contributed by atoms with van der Waals surface area (Å²) >= 11 is 0. The first-order chi connectivity index (χ1) is 11.0. The molecule has 1 N–H and O–H groups in total. The summed E-state index contributed by atoms with van der Waals surface area (Å²) in [6.07, 6.45) is 2.19. The lowest BCUT2D eigenvalue weighted by molar-refractivity contribution is 0.0937. The van der Waals surface area contributed by atoms with E-state index in [2.05, 4.69) is 5.32 Å². The maximum Gasteiger partial charge on any atom is 0.263 e. The van der Waals surface area contributed by atoms with Gasteiger partial charge in [-0.3, -0.25) is 9.59 Å². The van der Waals surface area contributed by atoms with E-state index in [0.29, 0.717) is 6.42 Å². The van der Waals surface area contributed by atoms with Crippen molar-refractivity contribution in [3.05, 3.63) is 70.3 Å². The average molecular weight is 310 g/mol. The highest BCUT2D eigenvalue weighted by Gasteiger charge is 2.15. The van der Waals surface area contributed by atoms with Gasteiger partial charge in [0.2, 0.25) is 0 Å². The number of para-hydroxylation sites is 1. The number of nitrogens with one attached hydrogen (secondary N) is 1. The molecule has 1 aromatic carbocycles. The van der Waals surface area contributed by atoms with Crippen LogP contribution in [0.5, 0.6) is 0 Å². The number of pyridine rings is 1. The second-order valence-electron chi connectivity index (χ2n) is 5.67. The molecule has 0 aliphatic heterocycles. The summed E-state index contributed by atoms with van der Waals surface area (Å²) in [6, 6.07) is 12.8. The summed E-state index contributed by atoms with van der Waals surface area (Å²) in [4.78, 5) is 24.2. The Bertz CT molecular complexity index is 875. The molecule has 5 nitrogen and oxygen atoms in total. The van der Waals surface area contributed by atoms with Gasteiger partial charge in [0.15, 0.2) is 0 Å². The molecule has 23 heavy (non-hydrogen) atoms. The van der Waals surface area contributed by atoms with E-state index in [-0.39, 0.29) is 23.1 Å². The number of amides is 1. The first-order valence-corrected chi connectivity index (χ1v) is 7.48. The van der Waals surface area contributed by atoms with E-state index in [1.807, 2.05) is 37.3 Å². The zero-order valence-electron chi connectivity index (χ0n) is 13.1. The van der Waals surface area contributed by atoms with Crippen molar-refractivity contribution in [2.24, 2.45) is 7.05 Å². The second-order valence-corrected chi connectivity index (χ2v) is 5.67. The van der Waals surface area contributed by atoms with Crippen LogP contribution in [0.15, 0.2) is 57.9 Å². The smallest absolute Gasteiger partial charge is 0.263 e. The van der Waals surface area contributed by atoms with Gasteiger partial charge in [0, 0.05) is 31.1 Å². The monoisotopic (exact) mass is 310 g/mol. The van der Waals surface area contributed by atoms with E-state index < -0.39 is 0 Å². The zero-order chi connectivity index (χ0) is 16.4. The second kappa shape index (κ2) is 6.12. The minimum Gasteiger partial charge on any atom is -0.461 e. The molecule has 0 spiro atoms. The normalized spacial score (nSPS) is 12.3. The predicted molar refractivity (Wildman–Crippen MR) is 88.5 cm³/mol. The molecule has 2 heterocycles. The van der Waals surface area contributed by atoms with E-state index in [0.717, 1.165) is 16.7 Å². The molecule has 0 aliphatic rings. The van der Waals surface area contributed by atoms with Crippen LogP contribution in [0.1, 0.15) is 23.0 Å². The van der Waals surface area contributed by atoms with Crippen molar-refractivity contribution in [3.63, 3.8) is 0 Å². The number of furan rings is 1. The van der Waals surface area contributed by atoms with Crippen molar-refractivity contribution in [1.82, 2.24) is 9.88 Å². The summed E-state index contributed by atoms with van der Waals surface area (Å²) in [5, 5.41) is 3.88. The number of benzene rings is 1. The number of carbonyl (C=O) groups is 1. The lowest BCUT2D eigenvalue weighted by Crippen LogP contribution is -2.38. The van der Waals surface area contributed by atoms with Gasteiger partial charge < -0.3 is 14.3 Å². The molecule has 0 saturated heterocycles. The lowest BCUT2D eigenvalue weighted by atomic mass is 10.1. The number of carbonyl (C=O) groups excluding carboxylic acids is 1. The highest BCUT2D eigenvalue weighted by atomic mass is 16.3. The Kier molecular flexibility index (Phi) is 4.02. The number of nitrogens with zero attached hydrogens (tertiary/aromatic N) is 1. The summed E-state index contributed by atoms with van der Waals surface area (Å²) in [5.74, 6) is 0.440. The van der Waals surface area contributed by atoms with Crippen LogP contribution in [0.25, 0.3) is 11.0 Å². The number of rotatable bonds is 4. The molecule has 0 saturated carbocycles. The van der Waals surface area contributed by atoms with Crippen LogP contribution in [0.2, 0.25) is 0 Å². The van der Waals surface area contributed by atoms with Crippen molar-refractivity contribution < 1.29 is 9.21 Å². The third-order valence-corrected chi connectivity index (χ3v) is 3.73. The van der Waals surface area contributed by atoms with Crippen molar-refractivity contribution >= 4 is 16.9 Å². The SMILES string of the molecule is C[C@@H](Cc1cc2ccccc2o1)NC(=O)c1cccn(C)c1=O. The van der Waals surface area contributed by atoms with Gasteiger partial charge in [-0.15, -0.1) is 0 Å². The molecule has 0 bridgehead atoms. The zero-order valence-corrected chi connectivity index (χ0v) is 13.1. The third kappa shape index (κ3) is 3.18. The minimum absolute atomic E-state index is 0.145. The molecule has 2 aromatic heterocycles. The van der Waals surface area contributed by atoms with Crippen LogP contribution in [0.3, 0.4) is 0 Å². The van der Waals surface area contributed by atoms with E-state index >= 15 is 0 Å². The number of hydrogen-bond acceptors (Lipinski definition) is 3. The maximum atomic E-state index is 12.2. The standard InChI is InChI=1S/C18H18N2O3/c1-12(10-14-11-13-6-3-4-8-16(13)23-14)19-17(21)15-7-5-9-20(2)18(15)22/h3-9,11-12H,10H2,1-2H3,(H,19,21)/t12-/m0/s1. The van der Waals surface area contributed by atoms with Crippen LogP contribution in [0, 0.1) is 0 Å². The topological polar surface area (TPSA) is 64.2 Å². The first kappa shape index (κ1) is 15.1. The Morgan fingerprint density at radius 3 is 2.83 bits per heavy atom. The Morgan fingerprint density at radius 2 is 2.04 bits per heavy atom. The lowest BCUT2D eigenvalue weighted by Gasteiger charge is -2.12. The predicted octanol–water partition coefficient (Wildman–Crippen LogP) is 2.49. The molecule has 0 unspecified atom stereocenters. The fourth-order valence-electron chi connectivity index (χ4n) is 2.56. The summed E-state index contributed by atoms with van der Waals surface area (Å²) in [5.41, 5.74) is 0.672. The number of fused-ring (bicyclic) bond motifs is 1. The number of aryl methyl sites for hydroxylation is 1. The van der Waals surface area contributed by atoms with E-state index in [9.17, 15) is 9.59 Å². The molecule has 0 radical (unpaired) electrons. The van der Waals surface area contributed by atoms with Crippen LogP contribution >= 0.6 is 0 Å². The molecular formula is C18H18N2O3. The van der Waals surface area contributed by atoms with E-state index in [4.69, 9.17) is 4.42 Å². The molecule has 1 amide bonds. The fourth-order valence-corrected chi connectivity index (χ4v) is 2.56. The molecular weight excluding hydrogens is 292 g/mol. The molecule has 1 atom stereocenters. The van der Waals surface area contributed by atoms with Crippen molar-refractivity contribution in [2.75, 3.05) is 0 Å². The molecule has 3 aromatic rings. The molecule has 0 aliphatic carbocycles. The van der Waals surface area contributed by atoms with E-state index in [1.54, 1.807) is 19.3 Å². The summed E-state index contributed by atoms with van der Waals surface area (Å²) in [7, 11) is 1.62. The Hall–Kier alpha value is -2.82. The first-order valence-electron chi connectivity index (χ1n) is 7.48. The minimum atomic E-state index is -0.366. The van der Waals surface area contributed by atoms with Gasteiger partial charge in [-0.05, 0) is 31.2 Å². The Labute approximate surface area is 133 Å². The quantitative estimate of drug-likeness (QED) is 0.805. The van der Waals surface area contributed by atoms with Crippen LogP contribution in [0.4, 0.5) is 0 Å². The maximum absolute atomic E-state index is 12.2. The van der Waals surface area contributed by atoms with Crippen LogP contribution in [-0.2, 0) is 13.5 Å². The molecule has 0 fully saturated rings. The van der Waals surface area contributed by atoms with Gasteiger partial charge in [0.25, 0.3) is 11.5 Å². The number of hydrogen-bond donors (Lipinski definition) is 1. The Morgan fingerprint density at radius 1 is 1.26 bits per heavy atom. The molecule has 118 valence electrons. The van der Waals surface area contributed by atoms with Gasteiger partial charge in [0.05, 0.1) is 0 Å². The average Bonchev–Trinajstić information content (AvgIpc) is 2.91. The molecule has 5 heteroatoms. The fraction of sp³-hybridized carbons (Fsp3) is 0.222. The van der Waals surface area contributed by atoms with E-state index in [1.165, 1.54) is 10.6 Å². The summed E-state index contributed by atoms with van der Waals surface area (Å²) < 4.78 is 7.14. The third-order valence-electron chi connectivity index (χ3n) is 3.73. The van der Waals surface area contributed by atoms with Crippen molar-refractivity contribution in [1.29, 1.82) is 0 Å². The largest absolute Gasteiger partial charge is 0.461 e. The highest BCUT2D eigenvalue weighted by molar-refractivity contribution is 5.94. The van der Waals surface area contributed by atoms with Crippen molar-refractivity contribution in [2.45, 2.75) is 19.4 Å².